The number of carbonyl (C=O) groups excluding carboxylic acids is 1. The van der Waals surface area contributed by atoms with Crippen molar-refractivity contribution in [2.45, 2.75) is 6.18 Å². The number of nitrogens with zero attached hydrogens (tertiary/aromatic N) is 1. The van der Waals surface area contributed by atoms with E-state index in [2.05, 4.69) is 10.3 Å². The van der Waals surface area contributed by atoms with E-state index in [-0.39, 0.29) is 11.3 Å². The van der Waals surface area contributed by atoms with Crippen LogP contribution in [0.4, 0.5) is 18.9 Å². The van der Waals surface area contributed by atoms with E-state index >= 15 is 0 Å². The fourth-order valence-electron chi connectivity index (χ4n) is 1.51. The Hall–Kier alpha value is -2.57. The number of rotatable bonds is 2. The maximum absolute atomic E-state index is 12.6. The van der Waals surface area contributed by atoms with Crippen molar-refractivity contribution in [1.82, 2.24) is 4.98 Å². The number of anilines is 1. The Balaban J connectivity index is 2.27. The summed E-state index contributed by atoms with van der Waals surface area (Å²) in [6, 6.07) is 5.09. The Labute approximate surface area is 111 Å². The standard InChI is InChI=1S/C13H9F3N2O2/c14-13(15,16)9-1-2-11(19)10(7-9)18-12(20)8-3-5-17-6-4-8/h1-7,19H,(H,18,20). The molecule has 0 fully saturated rings. The number of alkyl halides is 3. The summed E-state index contributed by atoms with van der Waals surface area (Å²) >= 11 is 0. The molecule has 104 valence electrons. The molecule has 2 aromatic rings. The van der Waals surface area contributed by atoms with Crippen LogP contribution in [0, 0.1) is 0 Å². The molecule has 0 saturated heterocycles. The van der Waals surface area contributed by atoms with E-state index in [1.54, 1.807) is 0 Å². The summed E-state index contributed by atoms with van der Waals surface area (Å²) in [6.07, 6.45) is -1.80. The summed E-state index contributed by atoms with van der Waals surface area (Å²) in [7, 11) is 0. The molecular formula is C13H9F3N2O2. The van der Waals surface area contributed by atoms with E-state index < -0.39 is 23.4 Å². The Morgan fingerprint density at radius 3 is 2.40 bits per heavy atom. The molecule has 1 aromatic heterocycles. The fourth-order valence-corrected chi connectivity index (χ4v) is 1.51. The number of aromatic hydroxyl groups is 1. The number of phenolic OH excluding ortho intramolecular Hbond substituents is 1. The zero-order valence-electron chi connectivity index (χ0n) is 9.98. The van der Waals surface area contributed by atoms with Crippen LogP contribution in [-0.2, 0) is 6.18 Å². The number of benzene rings is 1. The number of pyridine rings is 1. The second-order valence-electron chi connectivity index (χ2n) is 3.92. The van der Waals surface area contributed by atoms with Crippen molar-refractivity contribution in [3.63, 3.8) is 0 Å². The van der Waals surface area contributed by atoms with Crippen molar-refractivity contribution in [1.29, 1.82) is 0 Å². The van der Waals surface area contributed by atoms with E-state index in [1.807, 2.05) is 0 Å². The quantitative estimate of drug-likeness (QED) is 0.832. The van der Waals surface area contributed by atoms with Gasteiger partial charge < -0.3 is 10.4 Å². The van der Waals surface area contributed by atoms with Gasteiger partial charge in [0.15, 0.2) is 0 Å². The zero-order valence-corrected chi connectivity index (χ0v) is 9.98. The molecule has 0 saturated carbocycles. The van der Waals surface area contributed by atoms with Crippen LogP contribution in [0.5, 0.6) is 5.75 Å². The van der Waals surface area contributed by atoms with Gasteiger partial charge in [0.25, 0.3) is 5.91 Å². The Kier molecular flexibility index (Phi) is 3.60. The van der Waals surface area contributed by atoms with E-state index in [0.29, 0.717) is 6.07 Å². The second kappa shape index (κ2) is 5.20. The summed E-state index contributed by atoms with van der Waals surface area (Å²) in [5, 5.41) is 11.7. The number of hydrogen-bond acceptors (Lipinski definition) is 3. The van der Waals surface area contributed by atoms with Crippen molar-refractivity contribution in [2.75, 3.05) is 5.32 Å². The van der Waals surface area contributed by atoms with Crippen LogP contribution in [0.2, 0.25) is 0 Å². The van der Waals surface area contributed by atoms with Crippen LogP contribution < -0.4 is 5.32 Å². The third kappa shape index (κ3) is 3.05. The van der Waals surface area contributed by atoms with Gasteiger partial charge in [0.2, 0.25) is 0 Å². The Morgan fingerprint density at radius 2 is 1.80 bits per heavy atom. The highest BCUT2D eigenvalue weighted by Crippen LogP contribution is 2.34. The van der Waals surface area contributed by atoms with E-state index in [0.717, 1.165) is 12.1 Å². The molecule has 0 atom stereocenters. The van der Waals surface area contributed by atoms with Gasteiger partial charge in [-0.05, 0) is 30.3 Å². The van der Waals surface area contributed by atoms with Crippen LogP contribution in [0.3, 0.4) is 0 Å². The number of amides is 1. The number of phenols is 1. The summed E-state index contributed by atoms with van der Waals surface area (Å²) < 4.78 is 37.7. The molecule has 0 bridgehead atoms. The van der Waals surface area contributed by atoms with E-state index in [9.17, 15) is 23.1 Å². The highest BCUT2D eigenvalue weighted by Gasteiger charge is 2.31. The van der Waals surface area contributed by atoms with E-state index in [4.69, 9.17) is 0 Å². The molecule has 0 radical (unpaired) electrons. The van der Waals surface area contributed by atoms with Crippen molar-refractivity contribution < 1.29 is 23.1 Å². The molecule has 0 spiro atoms. The average molecular weight is 282 g/mol. The summed E-state index contributed by atoms with van der Waals surface area (Å²) in [5.74, 6) is -1.08. The van der Waals surface area contributed by atoms with E-state index in [1.165, 1.54) is 24.5 Å². The lowest BCUT2D eigenvalue weighted by Crippen LogP contribution is -2.13. The van der Waals surface area contributed by atoms with Gasteiger partial charge in [-0.15, -0.1) is 0 Å². The van der Waals surface area contributed by atoms with Crippen molar-refractivity contribution in [3.05, 3.63) is 53.9 Å². The number of hydrogen-bond donors (Lipinski definition) is 2. The van der Waals surface area contributed by atoms with Crippen LogP contribution in [-0.4, -0.2) is 16.0 Å². The smallest absolute Gasteiger partial charge is 0.416 e. The lowest BCUT2D eigenvalue weighted by molar-refractivity contribution is -0.137. The zero-order chi connectivity index (χ0) is 14.8. The van der Waals surface area contributed by atoms with Crippen LogP contribution in [0.15, 0.2) is 42.7 Å². The van der Waals surface area contributed by atoms with Crippen LogP contribution in [0.25, 0.3) is 0 Å². The summed E-state index contributed by atoms with van der Waals surface area (Å²) in [6.45, 7) is 0. The molecule has 0 unspecified atom stereocenters. The number of carbonyl (C=O) groups is 1. The normalized spacial score (nSPS) is 11.2. The van der Waals surface area contributed by atoms with Crippen molar-refractivity contribution in [2.24, 2.45) is 0 Å². The maximum atomic E-state index is 12.6. The molecule has 1 amide bonds. The lowest BCUT2D eigenvalue weighted by Gasteiger charge is -2.11. The summed E-state index contributed by atoms with van der Waals surface area (Å²) in [4.78, 5) is 15.5. The third-order valence-corrected chi connectivity index (χ3v) is 2.51. The van der Waals surface area contributed by atoms with Gasteiger partial charge in [0.1, 0.15) is 5.75 Å². The minimum Gasteiger partial charge on any atom is -0.506 e. The molecule has 1 aromatic carbocycles. The van der Waals surface area contributed by atoms with Crippen molar-refractivity contribution >= 4 is 11.6 Å². The molecule has 7 heteroatoms. The first-order chi connectivity index (χ1) is 9.38. The predicted molar refractivity (Wildman–Crippen MR) is 65.3 cm³/mol. The average Bonchev–Trinajstić information content (AvgIpc) is 2.41. The SMILES string of the molecule is O=C(Nc1cc(C(F)(F)F)ccc1O)c1ccncc1. The van der Waals surface area contributed by atoms with Crippen molar-refractivity contribution in [3.8, 4) is 5.75 Å². The van der Waals surface area contributed by atoms with Crippen LogP contribution >= 0.6 is 0 Å². The highest BCUT2D eigenvalue weighted by molar-refractivity contribution is 6.04. The number of nitrogens with one attached hydrogen (secondary N) is 1. The lowest BCUT2D eigenvalue weighted by atomic mass is 10.1. The van der Waals surface area contributed by atoms with Gasteiger partial charge in [-0.3, -0.25) is 9.78 Å². The minimum atomic E-state index is -4.55. The van der Waals surface area contributed by atoms with Gasteiger partial charge in [0, 0.05) is 18.0 Å². The first kappa shape index (κ1) is 13.9. The fraction of sp³-hybridized carbons (Fsp3) is 0.0769. The van der Waals surface area contributed by atoms with Gasteiger partial charge in [-0.25, -0.2) is 0 Å². The molecule has 2 rings (SSSR count). The molecule has 2 N–H and O–H groups in total. The number of halogens is 3. The molecule has 4 nitrogen and oxygen atoms in total. The summed E-state index contributed by atoms with van der Waals surface area (Å²) in [5.41, 5.74) is -1.04. The Morgan fingerprint density at radius 1 is 1.15 bits per heavy atom. The third-order valence-electron chi connectivity index (χ3n) is 2.51. The highest BCUT2D eigenvalue weighted by atomic mass is 19.4. The van der Waals surface area contributed by atoms with Gasteiger partial charge in [-0.2, -0.15) is 13.2 Å². The van der Waals surface area contributed by atoms with Crippen LogP contribution in [0.1, 0.15) is 15.9 Å². The monoisotopic (exact) mass is 282 g/mol. The Bertz CT molecular complexity index is 627. The minimum absolute atomic E-state index is 0.219. The second-order valence-corrected chi connectivity index (χ2v) is 3.92. The molecule has 1 heterocycles. The molecule has 20 heavy (non-hydrogen) atoms. The first-order valence-electron chi connectivity index (χ1n) is 5.49. The topological polar surface area (TPSA) is 62.2 Å². The molecule has 0 aliphatic heterocycles. The molecular weight excluding hydrogens is 273 g/mol. The number of aromatic nitrogens is 1. The van der Waals surface area contributed by atoms with Gasteiger partial charge >= 0.3 is 6.18 Å². The van der Waals surface area contributed by atoms with Gasteiger partial charge in [-0.1, -0.05) is 0 Å². The first-order valence-corrected chi connectivity index (χ1v) is 5.49. The molecule has 0 aliphatic carbocycles. The molecule has 0 aliphatic rings. The van der Waals surface area contributed by atoms with Gasteiger partial charge in [0.05, 0.1) is 11.3 Å². The maximum Gasteiger partial charge on any atom is 0.416 e. The largest absolute Gasteiger partial charge is 0.506 e. The predicted octanol–water partition coefficient (Wildman–Crippen LogP) is 3.06.